The molecular weight excluding hydrogens is 226 g/mol. The highest BCUT2D eigenvalue weighted by atomic mass is 16.2. The number of nitrogens with one attached hydrogen (secondary N) is 1. The van der Waals surface area contributed by atoms with Gasteiger partial charge in [0, 0.05) is 24.8 Å². The van der Waals surface area contributed by atoms with Crippen molar-refractivity contribution in [2.75, 3.05) is 25.0 Å². The predicted octanol–water partition coefficient (Wildman–Crippen LogP) is 1.36. The van der Waals surface area contributed by atoms with Crippen LogP contribution in [0.15, 0.2) is 24.3 Å². The molecule has 1 aromatic rings. The molecule has 0 aromatic heterocycles. The SMILES string of the molecule is Cc1ccc(NC(=O)CN(CCN)C2CC2)cc1. The summed E-state index contributed by atoms with van der Waals surface area (Å²) >= 11 is 0. The van der Waals surface area contributed by atoms with Crippen LogP contribution >= 0.6 is 0 Å². The number of carbonyl (C=O) groups is 1. The van der Waals surface area contributed by atoms with Crippen LogP contribution in [0.5, 0.6) is 0 Å². The van der Waals surface area contributed by atoms with Crippen molar-refractivity contribution in [3.63, 3.8) is 0 Å². The third-order valence-corrected chi connectivity index (χ3v) is 3.16. The van der Waals surface area contributed by atoms with E-state index in [2.05, 4.69) is 10.2 Å². The Kier molecular flexibility index (Phi) is 4.33. The summed E-state index contributed by atoms with van der Waals surface area (Å²) in [5, 5.41) is 2.92. The van der Waals surface area contributed by atoms with Crippen molar-refractivity contribution in [3.8, 4) is 0 Å². The molecule has 18 heavy (non-hydrogen) atoms. The number of aryl methyl sites for hydroxylation is 1. The predicted molar refractivity (Wildman–Crippen MR) is 73.5 cm³/mol. The maximum absolute atomic E-state index is 11.9. The number of benzene rings is 1. The molecule has 98 valence electrons. The Labute approximate surface area is 108 Å². The fourth-order valence-corrected chi connectivity index (χ4v) is 2.02. The van der Waals surface area contributed by atoms with Gasteiger partial charge in [-0.3, -0.25) is 9.69 Å². The van der Waals surface area contributed by atoms with Gasteiger partial charge in [-0.1, -0.05) is 17.7 Å². The Morgan fingerprint density at radius 3 is 2.61 bits per heavy atom. The Bertz CT molecular complexity index is 398. The minimum Gasteiger partial charge on any atom is -0.329 e. The van der Waals surface area contributed by atoms with E-state index < -0.39 is 0 Å². The number of carbonyl (C=O) groups excluding carboxylic acids is 1. The second-order valence-corrected chi connectivity index (χ2v) is 4.90. The van der Waals surface area contributed by atoms with Crippen molar-refractivity contribution in [1.82, 2.24) is 4.90 Å². The van der Waals surface area contributed by atoms with E-state index in [-0.39, 0.29) is 5.91 Å². The van der Waals surface area contributed by atoms with Crippen LogP contribution in [0.25, 0.3) is 0 Å². The van der Waals surface area contributed by atoms with Gasteiger partial charge in [0.2, 0.25) is 5.91 Å². The summed E-state index contributed by atoms with van der Waals surface area (Å²) in [7, 11) is 0. The van der Waals surface area contributed by atoms with E-state index in [0.29, 0.717) is 19.1 Å². The van der Waals surface area contributed by atoms with Crippen LogP contribution in [0, 0.1) is 6.92 Å². The summed E-state index contributed by atoms with van der Waals surface area (Å²) in [4.78, 5) is 14.1. The molecule has 0 heterocycles. The first kappa shape index (κ1) is 13.1. The van der Waals surface area contributed by atoms with Gasteiger partial charge < -0.3 is 11.1 Å². The van der Waals surface area contributed by atoms with E-state index >= 15 is 0 Å². The molecule has 4 heteroatoms. The Hall–Kier alpha value is -1.39. The van der Waals surface area contributed by atoms with Crippen molar-refractivity contribution < 1.29 is 4.79 Å². The summed E-state index contributed by atoms with van der Waals surface area (Å²) in [6, 6.07) is 8.41. The largest absolute Gasteiger partial charge is 0.329 e. The number of rotatable bonds is 6. The molecule has 4 nitrogen and oxygen atoms in total. The van der Waals surface area contributed by atoms with Gasteiger partial charge in [-0.05, 0) is 31.9 Å². The smallest absolute Gasteiger partial charge is 0.238 e. The molecule has 1 amide bonds. The van der Waals surface area contributed by atoms with E-state index in [1.807, 2.05) is 31.2 Å². The number of hydrogen-bond acceptors (Lipinski definition) is 3. The zero-order valence-electron chi connectivity index (χ0n) is 10.9. The van der Waals surface area contributed by atoms with Crippen LogP contribution < -0.4 is 11.1 Å². The number of anilines is 1. The van der Waals surface area contributed by atoms with Gasteiger partial charge in [-0.25, -0.2) is 0 Å². The van der Waals surface area contributed by atoms with Gasteiger partial charge >= 0.3 is 0 Å². The molecular formula is C14H21N3O. The fourth-order valence-electron chi connectivity index (χ4n) is 2.02. The third kappa shape index (κ3) is 3.82. The fraction of sp³-hybridized carbons (Fsp3) is 0.500. The van der Waals surface area contributed by atoms with Gasteiger partial charge in [-0.2, -0.15) is 0 Å². The van der Waals surface area contributed by atoms with Crippen LogP contribution in [0.4, 0.5) is 5.69 Å². The molecule has 0 bridgehead atoms. The van der Waals surface area contributed by atoms with Crippen molar-refractivity contribution >= 4 is 11.6 Å². The Morgan fingerprint density at radius 2 is 2.06 bits per heavy atom. The van der Waals surface area contributed by atoms with Crippen molar-refractivity contribution in [2.24, 2.45) is 5.73 Å². The lowest BCUT2D eigenvalue weighted by Crippen LogP contribution is -2.38. The monoisotopic (exact) mass is 247 g/mol. The molecule has 1 aliphatic rings. The first-order chi connectivity index (χ1) is 8.69. The maximum Gasteiger partial charge on any atom is 0.238 e. The molecule has 0 aliphatic heterocycles. The summed E-state index contributed by atoms with van der Waals surface area (Å²) in [6.07, 6.45) is 2.38. The van der Waals surface area contributed by atoms with E-state index in [4.69, 9.17) is 5.73 Å². The molecule has 1 aliphatic carbocycles. The van der Waals surface area contributed by atoms with Gasteiger partial charge in [0.1, 0.15) is 0 Å². The summed E-state index contributed by atoms with van der Waals surface area (Å²) < 4.78 is 0. The lowest BCUT2D eigenvalue weighted by Gasteiger charge is -2.20. The Balaban J connectivity index is 1.85. The van der Waals surface area contributed by atoms with Crippen molar-refractivity contribution in [1.29, 1.82) is 0 Å². The molecule has 0 unspecified atom stereocenters. The highest BCUT2D eigenvalue weighted by Gasteiger charge is 2.29. The van der Waals surface area contributed by atoms with Crippen LogP contribution in [0.1, 0.15) is 18.4 Å². The molecule has 0 spiro atoms. The molecule has 1 aromatic carbocycles. The lowest BCUT2D eigenvalue weighted by molar-refractivity contribution is -0.117. The van der Waals surface area contributed by atoms with Crippen molar-refractivity contribution in [2.45, 2.75) is 25.8 Å². The van der Waals surface area contributed by atoms with Gasteiger partial charge in [0.25, 0.3) is 0 Å². The number of hydrogen-bond donors (Lipinski definition) is 2. The number of amides is 1. The first-order valence-electron chi connectivity index (χ1n) is 6.49. The molecule has 0 atom stereocenters. The standard InChI is InChI=1S/C14H21N3O/c1-11-2-4-12(5-3-11)16-14(18)10-17(9-8-15)13-6-7-13/h2-5,13H,6-10,15H2,1H3,(H,16,18). The molecule has 2 rings (SSSR count). The van der Waals surface area contributed by atoms with Gasteiger partial charge in [-0.15, -0.1) is 0 Å². The zero-order valence-corrected chi connectivity index (χ0v) is 10.9. The minimum absolute atomic E-state index is 0.0409. The number of nitrogens with zero attached hydrogens (tertiary/aromatic N) is 1. The molecule has 1 saturated carbocycles. The van der Waals surface area contributed by atoms with Crippen LogP contribution in [0.3, 0.4) is 0 Å². The third-order valence-electron chi connectivity index (χ3n) is 3.16. The summed E-state index contributed by atoms with van der Waals surface area (Å²) in [5.41, 5.74) is 7.61. The van der Waals surface area contributed by atoms with E-state index in [1.54, 1.807) is 0 Å². The van der Waals surface area contributed by atoms with Crippen LogP contribution in [0.2, 0.25) is 0 Å². The molecule has 1 fully saturated rings. The topological polar surface area (TPSA) is 58.4 Å². The quantitative estimate of drug-likeness (QED) is 0.798. The normalized spacial score (nSPS) is 14.8. The van der Waals surface area contributed by atoms with Crippen LogP contribution in [-0.4, -0.2) is 36.5 Å². The van der Waals surface area contributed by atoms with Crippen LogP contribution in [-0.2, 0) is 4.79 Å². The van der Waals surface area contributed by atoms with E-state index in [0.717, 1.165) is 12.2 Å². The van der Waals surface area contributed by atoms with Gasteiger partial charge in [0.05, 0.1) is 6.54 Å². The van der Waals surface area contributed by atoms with Crippen molar-refractivity contribution in [3.05, 3.63) is 29.8 Å². The second kappa shape index (κ2) is 5.98. The first-order valence-corrected chi connectivity index (χ1v) is 6.49. The maximum atomic E-state index is 11.9. The average Bonchev–Trinajstić information content (AvgIpc) is 3.16. The zero-order chi connectivity index (χ0) is 13.0. The summed E-state index contributed by atoms with van der Waals surface area (Å²) in [5.74, 6) is 0.0409. The second-order valence-electron chi connectivity index (χ2n) is 4.90. The molecule has 0 saturated heterocycles. The highest BCUT2D eigenvalue weighted by molar-refractivity contribution is 5.92. The minimum atomic E-state index is 0.0409. The van der Waals surface area contributed by atoms with E-state index in [1.165, 1.54) is 18.4 Å². The molecule has 0 radical (unpaired) electrons. The average molecular weight is 247 g/mol. The Morgan fingerprint density at radius 1 is 1.39 bits per heavy atom. The number of nitrogens with two attached hydrogens (primary N) is 1. The van der Waals surface area contributed by atoms with E-state index in [9.17, 15) is 4.79 Å². The molecule has 3 N–H and O–H groups in total. The summed E-state index contributed by atoms with van der Waals surface area (Å²) in [6.45, 7) is 3.87. The lowest BCUT2D eigenvalue weighted by atomic mass is 10.2. The highest BCUT2D eigenvalue weighted by Crippen LogP contribution is 2.26. The van der Waals surface area contributed by atoms with Gasteiger partial charge in [0.15, 0.2) is 0 Å².